The van der Waals surface area contributed by atoms with Crippen molar-refractivity contribution < 1.29 is 14.3 Å². The summed E-state index contributed by atoms with van der Waals surface area (Å²) in [6.07, 6.45) is 3.26. The average Bonchev–Trinajstić information content (AvgIpc) is 2.37. The highest BCUT2D eigenvalue weighted by Gasteiger charge is 2.05. The number of ether oxygens (including phenoxy) is 1. The molecule has 0 aromatic heterocycles. The molecule has 0 amide bonds. The summed E-state index contributed by atoms with van der Waals surface area (Å²) in [5.41, 5.74) is 6.44. The van der Waals surface area contributed by atoms with Crippen LogP contribution in [0.4, 0.5) is 4.39 Å². The second kappa shape index (κ2) is 7.66. The summed E-state index contributed by atoms with van der Waals surface area (Å²) in [6.45, 7) is 3.10. The van der Waals surface area contributed by atoms with Crippen LogP contribution in [-0.2, 0) is 11.3 Å². The zero-order valence-electron chi connectivity index (χ0n) is 10.5. The molecule has 1 rings (SSSR count). The van der Waals surface area contributed by atoms with Gasteiger partial charge in [0.05, 0.1) is 6.61 Å². The Kier molecular flexibility index (Phi) is 6.14. The molecule has 0 fully saturated rings. The number of oxime groups is 1. The molecule has 0 aliphatic heterocycles. The molecule has 0 heterocycles. The van der Waals surface area contributed by atoms with E-state index in [4.69, 9.17) is 15.7 Å². The van der Waals surface area contributed by atoms with E-state index < -0.39 is 5.82 Å². The predicted octanol–water partition coefficient (Wildman–Crippen LogP) is 2.63. The summed E-state index contributed by atoms with van der Waals surface area (Å²) >= 11 is 0. The number of amidine groups is 1. The van der Waals surface area contributed by atoms with Crippen molar-refractivity contribution in [2.75, 3.05) is 6.61 Å². The van der Waals surface area contributed by atoms with E-state index in [1.54, 1.807) is 6.07 Å². The number of nitrogens with two attached hydrogens (primary N) is 1. The predicted molar refractivity (Wildman–Crippen MR) is 68.1 cm³/mol. The van der Waals surface area contributed by atoms with Gasteiger partial charge in [0, 0.05) is 12.2 Å². The molecular formula is C13H19FN2O2. The van der Waals surface area contributed by atoms with Crippen LogP contribution in [0.3, 0.4) is 0 Å². The molecule has 0 atom stereocenters. The number of rotatable bonds is 7. The molecule has 1 aromatic rings. The Balaban J connectivity index is 2.58. The fraction of sp³-hybridized carbons (Fsp3) is 0.462. The maximum absolute atomic E-state index is 13.3. The normalized spacial score (nSPS) is 11.8. The number of nitrogens with zero attached hydrogens (tertiary/aromatic N) is 1. The molecule has 100 valence electrons. The lowest BCUT2D eigenvalue weighted by Gasteiger charge is -2.06. The van der Waals surface area contributed by atoms with E-state index in [9.17, 15) is 4.39 Å². The van der Waals surface area contributed by atoms with Crippen molar-refractivity contribution in [3.8, 4) is 0 Å². The second-order valence-electron chi connectivity index (χ2n) is 4.09. The first kappa shape index (κ1) is 14.4. The van der Waals surface area contributed by atoms with Gasteiger partial charge in [-0.3, -0.25) is 0 Å². The van der Waals surface area contributed by atoms with Crippen LogP contribution in [0, 0.1) is 5.82 Å². The SMILES string of the molecule is CCCCCOCc1cc(F)cc(/C(N)=N/O)c1. The Bertz CT molecular complexity index is 408. The van der Waals surface area contributed by atoms with Crippen LogP contribution >= 0.6 is 0 Å². The van der Waals surface area contributed by atoms with Gasteiger partial charge in [0.1, 0.15) is 5.82 Å². The Morgan fingerprint density at radius 3 is 2.83 bits per heavy atom. The van der Waals surface area contributed by atoms with Crippen LogP contribution in [0.2, 0.25) is 0 Å². The van der Waals surface area contributed by atoms with E-state index in [-0.39, 0.29) is 5.84 Å². The minimum atomic E-state index is -0.425. The number of hydrogen-bond donors (Lipinski definition) is 2. The molecular weight excluding hydrogens is 235 g/mol. The third-order valence-corrected chi connectivity index (χ3v) is 2.52. The molecule has 1 aromatic carbocycles. The number of benzene rings is 1. The van der Waals surface area contributed by atoms with E-state index in [2.05, 4.69) is 12.1 Å². The first-order valence-electron chi connectivity index (χ1n) is 6.02. The average molecular weight is 254 g/mol. The highest BCUT2D eigenvalue weighted by atomic mass is 19.1. The minimum absolute atomic E-state index is 0.110. The molecule has 3 N–H and O–H groups in total. The summed E-state index contributed by atoms with van der Waals surface area (Å²) in [5.74, 6) is -0.534. The molecule has 18 heavy (non-hydrogen) atoms. The van der Waals surface area contributed by atoms with Gasteiger partial charge in [-0.15, -0.1) is 0 Å². The fourth-order valence-electron chi connectivity index (χ4n) is 1.58. The maximum atomic E-state index is 13.3. The van der Waals surface area contributed by atoms with Crippen molar-refractivity contribution in [3.05, 3.63) is 35.1 Å². The second-order valence-corrected chi connectivity index (χ2v) is 4.09. The molecule has 0 spiro atoms. The van der Waals surface area contributed by atoms with Gasteiger partial charge in [-0.2, -0.15) is 0 Å². The minimum Gasteiger partial charge on any atom is -0.409 e. The Morgan fingerprint density at radius 1 is 1.39 bits per heavy atom. The van der Waals surface area contributed by atoms with Crippen molar-refractivity contribution in [1.29, 1.82) is 0 Å². The number of hydrogen-bond acceptors (Lipinski definition) is 3. The Morgan fingerprint density at radius 2 is 2.17 bits per heavy atom. The van der Waals surface area contributed by atoms with Crippen LogP contribution in [0.5, 0.6) is 0 Å². The van der Waals surface area contributed by atoms with Gasteiger partial charge < -0.3 is 15.7 Å². The molecule has 0 saturated heterocycles. The van der Waals surface area contributed by atoms with Gasteiger partial charge in [0.2, 0.25) is 0 Å². The third kappa shape index (κ3) is 4.71. The lowest BCUT2D eigenvalue weighted by molar-refractivity contribution is 0.117. The van der Waals surface area contributed by atoms with Crippen LogP contribution in [-0.4, -0.2) is 17.6 Å². The highest BCUT2D eigenvalue weighted by Crippen LogP contribution is 2.11. The van der Waals surface area contributed by atoms with Crippen LogP contribution in [0.25, 0.3) is 0 Å². The van der Waals surface area contributed by atoms with E-state index in [1.807, 2.05) is 0 Å². The molecule has 5 heteroatoms. The van der Waals surface area contributed by atoms with Crippen LogP contribution < -0.4 is 5.73 Å². The Labute approximate surface area is 106 Å². The Hall–Kier alpha value is -1.62. The van der Waals surface area contributed by atoms with E-state index in [1.165, 1.54) is 12.1 Å². The standard InChI is InChI=1S/C13H19FN2O2/c1-2-3-4-5-18-9-10-6-11(13(15)16-17)8-12(14)7-10/h6-8,17H,2-5,9H2,1H3,(H2,15,16). The maximum Gasteiger partial charge on any atom is 0.170 e. The van der Waals surface area contributed by atoms with Crippen LogP contribution in [0.15, 0.2) is 23.4 Å². The summed E-state index contributed by atoms with van der Waals surface area (Å²) in [5, 5.41) is 11.4. The quantitative estimate of drug-likeness (QED) is 0.258. The summed E-state index contributed by atoms with van der Waals surface area (Å²) in [4.78, 5) is 0. The first-order chi connectivity index (χ1) is 8.67. The third-order valence-electron chi connectivity index (χ3n) is 2.52. The van der Waals surface area contributed by atoms with E-state index in [0.717, 1.165) is 19.3 Å². The monoisotopic (exact) mass is 254 g/mol. The molecule has 0 unspecified atom stereocenters. The van der Waals surface area contributed by atoms with Gasteiger partial charge in [-0.25, -0.2) is 4.39 Å². The first-order valence-corrected chi connectivity index (χ1v) is 6.02. The number of unbranched alkanes of at least 4 members (excludes halogenated alkanes) is 2. The van der Waals surface area contributed by atoms with Crippen molar-refractivity contribution in [1.82, 2.24) is 0 Å². The van der Waals surface area contributed by atoms with Gasteiger partial charge in [0.25, 0.3) is 0 Å². The summed E-state index contributed by atoms with van der Waals surface area (Å²) in [6, 6.07) is 4.25. The van der Waals surface area contributed by atoms with Crippen molar-refractivity contribution in [2.24, 2.45) is 10.9 Å². The van der Waals surface area contributed by atoms with E-state index in [0.29, 0.717) is 24.3 Å². The van der Waals surface area contributed by atoms with Crippen LogP contribution in [0.1, 0.15) is 37.3 Å². The molecule has 0 aliphatic carbocycles. The number of halogens is 1. The zero-order valence-corrected chi connectivity index (χ0v) is 10.5. The van der Waals surface area contributed by atoms with Gasteiger partial charge >= 0.3 is 0 Å². The molecule has 0 radical (unpaired) electrons. The summed E-state index contributed by atoms with van der Waals surface area (Å²) in [7, 11) is 0. The van der Waals surface area contributed by atoms with Crippen molar-refractivity contribution >= 4 is 5.84 Å². The molecule has 0 saturated carbocycles. The fourth-order valence-corrected chi connectivity index (χ4v) is 1.58. The molecule has 0 bridgehead atoms. The topological polar surface area (TPSA) is 67.8 Å². The smallest absolute Gasteiger partial charge is 0.170 e. The summed E-state index contributed by atoms with van der Waals surface area (Å²) < 4.78 is 18.7. The zero-order chi connectivity index (χ0) is 13.4. The highest BCUT2D eigenvalue weighted by molar-refractivity contribution is 5.97. The largest absolute Gasteiger partial charge is 0.409 e. The molecule has 0 aliphatic rings. The van der Waals surface area contributed by atoms with E-state index >= 15 is 0 Å². The van der Waals surface area contributed by atoms with Gasteiger partial charge in [0.15, 0.2) is 5.84 Å². The van der Waals surface area contributed by atoms with Gasteiger partial charge in [-0.1, -0.05) is 24.9 Å². The lowest BCUT2D eigenvalue weighted by Crippen LogP contribution is -2.14. The van der Waals surface area contributed by atoms with Crippen molar-refractivity contribution in [2.45, 2.75) is 32.8 Å². The van der Waals surface area contributed by atoms with Crippen molar-refractivity contribution in [3.63, 3.8) is 0 Å². The van der Waals surface area contributed by atoms with Gasteiger partial charge in [-0.05, 0) is 30.2 Å². The molecule has 4 nitrogen and oxygen atoms in total. The lowest BCUT2D eigenvalue weighted by atomic mass is 10.1.